The molecule has 1 aliphatic rings. The molecule has 0 spiro atoms. The molecule has 164 valence electrons. The quantitative estimate of drug-likeness (QED) is 0.492. The van der Waals surface area contributed by atoms with Gasteiger partial charge in [0.1, 0.15) is 12.4 Å². The summed E-state index contributed by atoms with van der Waals surface area (Å²) in [5, 5.41) is 13.9. The Morgan fingerprint density at radius 1 is 1.10 bits per heavy atom. The van der Waals surface area contributed by atoms with Crippen molar-refractivity contribution in [1.29, 1.82) is 0 Å². The molecule has 0 radical (unpaired) electrons. The number of halogens is 1. The Bertz CT molecular complexity index is 947. The normalized spacial score (nSPS) is 14.2. The molecule has 1 saturated heterocycles. The second-order valence-electron chi connectivity index (χ2n) is 6.99. The lowest BCUT2D eigenvalue weighted by atomic mass is 10.2. The molecule has 0 aliphatic carbocycles. The topological polar surface area (TPSA) is 105 Å². The van der Waals surface area contributed by atoms with Crippen LogP contribution in [0.25, 0.3) is 0 Å². The van der Waals surface area contributed by atoms with Gasteiger partial charge in [-0.3, -0.25) is 24.6 Å². The van der Waals surface area contributed by atoms with Gasteiger partial charge in [0.05, 0.1) is 16.5 Å². The minimum Gasteiger partial charge on any atom is -0.491 e. The maximum Gasteiger partial charge on any atom is 0.270 e. The van der Waals surface area contributed by atoms with E-state index >= 15 is 0 Å². The van der Waals surface area contributed by atoms with Crippen molar-refractivity contribution >= 4 is 29.1 Å². The van der Waals surface area contributed by atoms with Gasteiger partial charge in [-0.05, 0) is 18.2 Å². The number of non-ortho nitro benzene ring substituents is 1. The number of carbonyl (C=O) groups is 2. The highest BCUT2D eigenvalue weighted by molar-refractivity contribution is 6.32. The van der Waals surface area contributed by atoms with Crippen LogP contribution in [0.4, 0.5) is 5.69 Å². The molecule has 9 nitrogen and oxygen atoms in total. The summed E-state index contributed by atoms with van der Waals surface area (Å²) in [5.74, 6) is -0.0596. The minimum atomic E-state index is -0.569. The van der Waals surface area contributed by atoms with Crippen LogP contribution in [0.1, 0.15) is 10.4 Å². The average Bonchev–Trinajstić information content (AvgIpc) is 2.79. The molecule has 2 aromatic carbocycles. The van der Waals surface area contributed by atoms with Crippen molar-refractivity contribution in [3.63, 3.8) is 0 Å². The lowest BCUT2D eigenvalue weighted by Gasteiger charge is -2.34. The Hall–Kier alpha value is -3.17. The van der Waals surface area contributed by atoms with Gasteiger partial charge in [-0.1, -0.05) is 29.8 Å². The number of nitrogens with zero attached hydrogens (tertiary/aromatic N) is 3. The number of para-hydroxylation sites is 1. The first-order valence-corrected chi connectivity index (χ1v) is 10.2. The van der Waals surface area contributed by atoms with Crippen molar-refractivity contribution in [2.75, 3.05) is 45.9 Å². The molecule has 1 aliphatic heterocycles. The predicted octanol–water partition coefficient (Wildman–Crippen LogP) is 2.20. The Labute approximate surface area is 184 Å². The summed E-state index contributed by atoms with van der Waals surface area (Å²) < 4.78 is 5.70. The number of amides is 2. The number of nitro benzene ring substituents is 1. The number of rotatable bonds is 8. The van der Waals surface area contributed by atoms with Crippen molar-refractivity contribution in [3.8, 4) is 5.75 Å². The molecule has 1 heterocycles. The molecule has 0 atom stereocenters. The number of ether oxygens (including phenoxy) is 1. The van der Waals surface area contributed by atoms with Crippen molar-refractivity contribution in [3.05, 3.63) is 69.2 Å². The third-order valence-corrected chi connectivity index (χ3v) is 5.26. The molecule has 0 saturated carbocycles. The van der Waals surface area contributed by atoms with Gasteiger partial charge in [-0.25, -0.2) is 0 Å². The van der Waals surface area contributed by atoms with Crippen LogP contribution in [0, 0.1) is 10.1 Å². The van der Waals surface area contributed by atoms with E-state index in [0.717, 1.165) is 6.54 Å². The summed E-state index contributed by atoms with van der Waals surface area (Å²) in [4.78, 5) is 38.7. The van der Waals surface area contributed by atoms with E-state index in [1.54, 1.807) is 11.0 Å². The van der Waals surface area contributed by atoms with Gasteiger partial charge in [0, 0.05) is 50.4 Å². The molecule has 0 unspecified atom stereocenters. The summed E-state index contributed by atoms with van der Waals surface area (Å²) in [5.41, 5.74) is -0.0287. The predicted molar refractivity (Wildman–Crippen MR) is 115 cm³/mol. The number of benzene rings is 2. The van der Waals surface area contributed by atoms with Crippen LogP contribution in [0.2, 0.25) is 5.02 Å². The number of hydrogen-bond donors (Lipinski definition) is 1. The SMILES string of the molecule is O=C(NCC(=O)N1CCN(CCOc2ccccc2Cl)CC1)c1cccc([N+](=O)[O-])c1. The first-order valence-electron chi connectivity index (χ1n) is 9.84. The molecule has 2 aromatic rings. The van der Waals surface area contributed by atoms with Gasteiger partial charge in [-0.2, -0.15) is 0 Å². The fraction of sp³-hybridized carbons (Fsp3) is 0.333. The van der Waals surface area contributed by atoms with Gasteiger partial charge in [0.25, 0.3) is 11.6 Å². The van der Waals surface area contributed by atoms with E-state index in [4.69, 9.17) is 16.3 Å². The van der Waals surface area contributed by atoms with Crippen LogP contribution in [-0.4, -0.2) is 72.4 Å². The summed E-state index contributed by atoms with van der Waals surface area (Å²) in [7, 11) is 0. The van der Waals surface area contributed by atoms with Crippen molar-refractivity contribution in [2.45, 2.75) is 0 Å². The molecule has 1 N–H and O–H groups in total. The van der Waals surface area contributed by atoms with Gasteiger partial charge < -0.3 is 15.0 Å². The zero-order chi connectivity index (χ0) is 22.2. The average molecular weight is 447 g/mol. The van der Waals surface area contributed by atoms with Crippen molar-refractivity contribution in [1.82, 2.24) is 15.1 Å². The Balaban J connectivity index is 1.38. The minimum absolute atomic E-state index is 0.144. The number of nitrogens with one attached hydrogen (secondary N) is 1. The molecule has 3 rings (SSSR count). The van der Waals surface area contributed by atoms with E-state index < -0.39 is 10.8 Å². The Kier molecular flexibility index (Phi) is 7.80. The largest absolute Gasteiger partial charge is 0.491 e. The molecule has 1 fully saturated rings. The highest BCUT2D eigenvalue weighted by atomic mass is 35.5. The smallest absolute Gasteiger partial charge is 0.270 e. The van der Waals surface area contributed by atoms with E-state index in [1.807, 2.05) is 18.2 Å². The zero-order valence-corrected chi connectivity index (χ0v) is 17.6. The van der Waals surface area contributed by atoms with E-state index in [0.29, 0.717) is 43.6 Å². The van der Waals surface area contributed by atoms with E-state index in [9.17, 15) is 19.7 Å². The van der Waals surface area contributed by atoms with E-state index in [2.05, 4.69) is 10.2 Å². The van der Waals surface area contributed by atoms with Crippen molar-refractivity contribution in [2.24, 2.45) is 0 Å². The van der Waals surface area contributed by atoms with Crippen LogP contribution >= 0.6 is 11.6 Å². The van der Waals surface area contributed by atoms with Gasteiger partial charge in [-0.15, -0.1) is 0 Å². The molecular weight excluding hydrogens is 424 g/mol. The first-order chi connectivity index (χ1) is 14.9. The highest BCUT2D eigenvalue weighted by Crippen LogP contribution is 2.22. The Morgan fingerprint density at radius 3 is 2.55 bits per heavy atom. The maximum atomic E-state index is 12.4. The van der Waals surface area contributed by atoms with E-state index in [-0.39, 0.29) is 23.7 Å². The summed E-state index contributed by atoms with van der Waals surface area (Å²) in [6, 6.07) is 12.7. The molecule has 10 heteroatoms. The highest BCUT2D eigenvalue weighted by Gasteiger charge is 2.21. The molecular formula is C21H23ClN4O5. The molecule has 0 bridgehead atoms. The zero-order valence-electron chi connectivity index (χ0n) is 16.8. The lowest BCUT2D eigenvalue weighted by molar-refractivity contribution is -0.384. The van der Waals surface area contributed by atoms with Crippen LogP contribution < -0.4 is 10.1 Å². The second kappa shape index (κ2) is 10.7. The second-order valence-corrected chi connectivity index (χ2v) is 7.40. The molecule has 0 aromatic heterocycles. The number of piperazine rings is 1. The third-order valence-electron chi connectivity index (χ3n) is 4.95. The number of carbonyl (C=O) groups excluding carboxylic acids is 2. The molecule has 2 amide bonds. The summed E-state index contributed by atoms with van der Waals surface area (Å²) in [6.07, 6.45) is 0. The van der Waals surface area contributed by atoms with E-state index in [1.165, 1.54) is 24.3 Å². The van der Waals surface area contributed by atoms with Crippen LogP contribution in [0.15, 0.2) is 48.5 Å². The number of hydrogen-bond acceptors (Lipinski definition) is 6. The van der Waals surface area contributed by atoms with Gasteiger partial charge in [0.15, 0.2) is 0 Å². The van der Waals surface area contributed by atoms with Crippen LogP contribution in [-0.2, 0) is 4.79 Å². The van der Waals surface area contributed by atoms with Crippen molar-refractivity contribution < 1.29 is 19.2 Å². The first kappa shape index (κ1) is 22.5. The third kappa shape index (κ3) is 6.40. The maximum absolute atomic E-state index is 12.4. The molecule has 31 heavy (non-hydrogen) atoms. The fourth-order valence-electron chi connectivity index (χ4n) is 3.20. The van der Waals surface area contributed by atoms with Crippen LogP contribution in [0.3, 0.4) is 0 Å². The number of nitro groups is 1. The monoisotopic (exact) mass is 446 g/mol. The Morgan fingerprint density at radius 2 is 1.84 bits per heavy atom. The standard InChI is InChI=1S/C21H23ClN4O5/c22-18-6-1-2-7-19(18)31-13-12-24-8-10-25(11-9-24)20(27)15-23-21(28)16-4-3-5-17(14-16)26(29)30/h1-7,14H,8-13,15H2,(H,23,28). The van der Waals surface area contributed by atoms with Crippen LogP contribution in [0.5, 0.6) is 5.75 Å². The summed E-state index contributed by atoms with van der Waals surface area (Å²) >= 11 is 6.07. The van der Waals surface area contributed by atoms with Gasteiger partial charge in [0.2, 0.25) is 5.91 Å². The van der Waals surface area contributed by atoms with Gasteiger partial charge >= 0.3 is 0 Å². The lowest BCUT2D eigenvalue weighted by Crippen LogP contribution is -2.51. The fourth-order valence-corrected chi connectivity index (χ4v) is 3.39. The summed E-state index contributed by atoms with van der Waals surface area (Å²) in [6.45, 7) is 3.58.